The molecule has 242 valence electrons. The number of nitrogens with zero attached hydrogens (tertiary/aromatic N) is 2. The van der Waals surface area contributed by atoms with Gasteiger partial charge in [-0.3, -0.25) is 18.2 Å². The lowest BCUT2D eigenvalue weighted by molar-refractivity contribution is -0.526. The summed E-state index contributed by atoms with van der Waals surface area (Å²) in [5.41, 5.74) is 2.99. The van der Waals surface area contributed by atoms with E-state index in [1.165, 1.54) is 0 Å². The van der Waals surface area contributed by atoms with Crippen molar-refractivity contribution in [3.8, 4) is 0 Å². The maximum absolute atomic E-state index is 11.1. The van der Waals surface area contributed by atoms with Crippen molar-refractivity contribution in [3.63, 3.8) is 0 Å². The molecule has 0 atom stereocenters. The Bertz CT molecular complexity index is 1560. The van der Waals surface area contributed by atoms with Crippen molar-refractivity contribution in [2.24, 2.45) is 0 Å². The first-order chi connectivity index (χ1) is 19.8. The van der Waals surface area contributed by atoms with Crippen LogP contribution in [-0.4, -0.2) is 111 Å². The molecular weight excluding hydrogens is 649 g/mol. The van der Waals surface area contributed by atoms with Gasteiger partial charge in [-0.2, -0.15) is 33.7 Å². The molecule has 14 nitrogen and oxygen atoms in total. The van der Waals surface area contributed by atoms with Crippen molar-refractivity contribution in [1.82, 2.24) is 0 Å². The van der Waals surface area contributed by atoms with Gasteiger partial charge in [-0.1, -0.05) is 12.1 Å². The Labute approximate surface area is 253 Å². The zero-order chi connectivity index (χ0) is 32.3. The Morgan fingerprint density at radius 2 is 0.977 bits per heavy atom. The minimum atomic E-state index is -4.16. The van der Waals surface area contributed by atoms with Crippen LogP contribution in [0.3, 0.4) is 0 Å². The third kappa shape index (κ3) is 16.8. The molecule has 2 rings (SSSR count). The lowest BCUT2D eigenvalue weighted by Crippen LogP contribution is -2.28. The van der Waals surface area contributed by atoms with Crippen molar-refractivity contribution >= 4 is 57.9 Å². The summed E-state index contributed by atoms with van der Waals surface area (Å²) in [5.74, 6) is -1.82. The van der Waals surface area contributed by atoms with Crippen LogP contribution in [0.25, 0.3) is 6.08 Å². The molecule has 0 aromatic heterocycles. The van der Waals surface area contributed by atoms with Gasteiger partial charge in [0.2, 0.25) is 0 Å². The van der Waals surface area contributed by atoms with Crippen molar-refractivity contribution in [2.45, 2.75) is 25.7 Å². The minimum Gasteiger partial charge on any atom is -0.371 e. The molecule has 0 fully saturated rings. The third-order valence-corrected chi connectivity index (χ3v) is 9.39. The van der Waals surface area contributed by atoms with E-state index in [1.807, 2.05) is 6.08 Å². The summed E-state index contributed by atoms with van der Waals surface area (Å²) in [5, 5.41) is 0. The smallest absolute Gasteiger partial charge is 0.265 e. The normalized spacial score (nSPS) is 14.2. The van der Waals surface area contributed by atoms with E-state index in [2.05, 4.69) is 0 Å². The molecule has 1 aliphatic carbocycles. The molecule has 0 heterocycles. The number of hydrogen-bond donors (Lipinski definition) is 4. The fourth-order valence-corrected chi connectivity index (χ4v) is 6.22. The second-order valence-electron chi connectivity index (χ2n) is 9.86. The minimum absolute atomic E-state index is 0.105. The van der Waals surface area contributed by atoms with Crippen LogP contribution in [0.4, 0.5) is 5.69 Å². The Morgan fingerprint density at radius 1 is 0.581 bits per heavy atom. The summed E-state index contributed by atoms with van der Waals surface area (Å²) in [6.07, 6.45) is 9.44. The maximum Gasteiger partial charge on any atom is 0.265 e. The molecule has 1 aromatic carbocycles. The quantitative estimate of drug-likeness (QED) is 0.127. The van der Waals surface area contributed by atoms with Crippen LogP contribution in [0.15, 0.2) is 54.1 Å². The predicted octanol–water partition coefficient (Wildman–Crippen LogP) is 1.57. The topological polar surface area (TPSA) is 224 Å². The fraction of sp³-hybridized carbons (Fsp3) is 0.480. The molecule has 43 heavy (non-hydrogen) atoms. The first-order valence-electron chi connectivity index (χ1n) is 13.2. The number of anilines is 1. The second-order valence-corrected chi connectivity index (χ2v) is 16.1. The maximum atomic E-state index is 11.1. The van der Waals surface area contributed by atoms with E-state index in [0.29, 0.717) is 11.4 Å². The fourth-order valence-electron chi connectivity index (χ4n) is 4.25. The van der Waals surface area contributed by atoms with Crippen LogP contribution >= 0.6 is 0 Å². The highest BCUT2D eigenvalue weighted by Gasteiger charge is 2.17. The lowest BCUT2D eigenvalue weighted by atomic mass is 10.0. The molecule has 18 heteroatoms. The third-order valence-electron chi connectivity index (χ3n) is 6.17. The molecule has 0 spiro atoms. The molecule has 0 saturated heterocycles. The molecule has 1 aromatic rings. The van der Waals surface area contributed by atoms with Gasteiger partial charge in [0.1, 0.15) is 13.1 Å². The molecule has 0 bridgehead atoms. The summed E-state index contributed by atoms with van der Waals surface area (Å²) in [4.78, 5) is 1.76. The Kier molecular flexibility index (Phi) is 13.7. The van der Waals surface area contributed by atoms with Crippen molar-refractivity contribution in [2.75, 3.05) is 54.1 Å². The summed E-state index contributed by atoms with van der Waals surface area (Å²) < 4.78 is 127. The average molecular weight is 686 g/mol. The highest BCUT2D eigenvalue weighted by molar-refractivity contribution is 7.86. The summed E-state index contributed by atoms with van der Waals surface area (Å²) in [7, 11) is -16.6. The first kappa shape index (κ1) is 36.7. The summed E-state index contributed by atoms with van der Waals surface area (Å²) in [6, 6.07) is 7.15. The zero-order valence-electron chi connectivity index (χ0n) is 23.3. The molecule has 0 aliphatic heterocycles. The molecule has 0 amide bonds. The van der Waals surface area contributed by atoms with Gasteiger partial charge in [0.15, 0.2) is 5.71 Å². The number of rotatable bonds is 18. The van der Waals surface area contributed by atoms with Gasteiger partial charge in [0.05, 0.1) is 23.0 Å². The molecule has 1 aliphatic rings. The van der Waals surface area contributed by atoms with E-state index in [9.17, 15) is 33.7 Å². The first-order valence-corrected chi connectivity index (χ1v) is 19.6. The number of allylic oxidation sites excluding steroid dienone is 5. The van der Waals surface area contributed by atoms with E-state index in [0.717, 1.165) is 11.1 Å². The largest absolute Gasteiger partial charge is 0.371 e. The van der Waals surface area contributed by atoms with Crippen molar-refractivity contribution in [1.29, 1.82) is 0 Å². The van der Waals surface area contributed by atoms with E-state index in [-0.39, 0.29) is 51.9 Å². The molecule has 0 saturated carbocycles. The SMILES string of the molecule is O=S(=O)(O)CCCN(CCCS(=O)(=O)O)c1ccc(C=C2C=CC(=[N+](CCCS(=O)(=O)O)CCCS(=O)(=O)O)C=C2)cc1. The van der Waals surface area contributed by atoms with Crippen LogP contribution in [0.2, 0.25) is 0 Å². The van der Waals surface area contributed by atoms with Gasteiger partial charge in [0, 0.05) is 43.8 Å². The van der Waals surface area contributed by atoms with Gasteiger partial charge >= 0.3 is 0 Å². The number of hydrogen-bond acceptors (Lipinski definition) is 9. The van der Waals surface area contributed by atoms with Crippen molar-refractivity contribution < 1.29 is 56.5 Å². The van der Waals surface area contributed by atoms with Crippen LogP contribution < -0.4 is 4.90 Å². The van der Waals surface area contributed by atoms with E-state index < -0.39 is 63.5 Å². The molecule has 0 unspecified atom stereocenters. The van der Waals surface area contributed by atoms with Gasteiger partial charge in [-0.25, -0.2) is 4.58 Å². The molecule has 4 N–H and O–H groups in total. The highest BCUT2D eigenvalue weighted by atomic mass is 32.2. The van der Waals surface area contributed by atoms with Gasteiger partial charge in [-0.15, -0.1) is 0 Å². The average Bonchev–Trinajstić information content (AvgIpc) is 2.85. The molecular formula is C25H37N2O12S4+. The molecule has 0 radical (unpaired) electrons. The predicted molar refractivity (Wildman–Crippen MR) is 164 cm³/mol. The van der Waals surface area contributed by atoms with Gasteiger partial charge in [-0.05, 0) is 54.3 Å². The number of benzene rings is 1. The zero-order valence-corrected chi connectivity index (χ0v) is 26.5. The highest BCUT2D eigenvalue weighted by Crippen LogP contribution is 2.20. The summed E-state index contributed by atoms with van der Waals surface area (Å²) in [6.45, 7) is 0.892. The van der Waals surface area contributed by atoms with Crippen LogP contribution in [-0.2, 0) is 40.5 Å². The van der Waals surface area contributed by atoms with Crippen LogP contribution in [0, 0.1) is 0 Å². The Morgan fingerprint density at radius 3 is 1.37 bits per heavy atom. The van der Waals surface area contributed by atoms with Gasteiger partial charge < -0.3 is 4.90 Å². The van der Waals surface area contributed by atoms with E-state index in [1.54, 1.807) is 58.0 Å². The standard InChI is InChI=1S/C25H36N2O12S4/c28-40(29,30)17-1-13-26(14-2-18-41(31,32)33)24-9-5-22(6-10-24)21-23-7-11-25(12-8-23)27(15-3-19-42(34,35)36)16-4-20-43(37,38)39/h5-12,21H,1-4,13-20H2,(H3-,28,29,30,31,32,33,34,35,36,37,38,39)/p+1. The lowest BCUT2D eigenvalue weighted by Gasteiger charge is -2.24. The summed E-state index contributed by atoms with van der Waals surface area (Å²) >= 11 is 0. The second kappa shape index (κ2) is 16.0. The van der Waals surface area contributed by atoms with E-state index in [4.69, 9.17) is 18.2 Å². The Hall–Kier alpha value is -2.45. The monoisotopic (exact) mass is 685 g/mol. The van der Waals surface area contributed by atoms with Crippen LogP contribution in [0.5, 0.6) is 0 Å². The van der Waals surface area contributed by atoms with Gasteiger partial charge in [0.25, 0.3) is 40.5 Å². The van der Waals surface area contributed by atoms with Crippen molar-refractivity contribution in [3.05, 3.63) is 59.7 Å². The Balaban J connectivity index is 2.17. The van der Waals surface area contributed by atoms with Crippen LogP contribution in [0.1, 0.15) is 31.2 Å². The van der Waals surface area contributed by atoms with E-state index >= 15 is 0 Å².